The van der Waals surface area contributed by atoms with E-state index in [0.29, 0.717) is 4.90 Å². The average molecular weight is 340 g/mol. The zero-order chi connectivity index (χ0) is 29.7. The molecule has 24 heavy (non-hydrogen) atoms. The van der Waals surface area contributed by atoms with Crippen LogP contribution in [0.2, 0.25) is 0 Å². The lowest BCUT2D eigenvalue weighted by molar-refractivity contribution is -0.130. The van der Waals surface area contributed by atoms with Crippen LogP contribution in [0.4, 0.5) is 5.82 Å². The van der Waals surface area contributed by atoms with Gasteiger partial charge in [-0.15, -0.1) is 0 Å². The van der Waals surface area contributed by atoms with E-state index < -0.39 is 61.3 Å². The van der Waals surface area contributed by atoms with Gasteiger partial charge in [0.05, 0.1) is 16.9 Å². The second-order valence-corrected chi connectivity index (χ2v) is 4.79. The minimum absolute atomic E-state index is 0.00982. The number of aryl methyl sites for hydroxylation is 1. The summed E-state index contributed by atoms with van der Waals surface area (Å²) in [7, 11) is 0.854. The normalized spacial score (nSPS) is 43.0. The molecular weight excluding hydrogens is 304 g/mol. The number of carbonyl (C=O) groups is 1. The van der Waals surface area contributed by atoms with E-state index in [4.69, 9.17) is 24.4 Å². The van der Waals surface area contributed by atoms with Crippen LogP contribution < -0.4 is 4.90 Å². The van der Waals surface area contributed by atoms with E-state index in [1.165, 1.54) is 6.92 Å². The van der Waals surface area contributed by atoms with Crippen molar-refractivity contribution in [3.8, 4) is 0 Å². The summed E-state index contributed by atoms with van der Waals surface area (Å²) >= 11 is 0. The number of fused-ring (bicyclic) bond motifs is 1. The zero-order valence-electron chi connectivity index (χ0n) is 26.7. The van der Waals surface area contributed by atoms with Crippen molar-refractivity contribution in [1.82, 2.24) is 19.9 Å². The van der Waals surface area contributed by atoms with Crippen LogP contribution in [0.25, 0.3) is 15.9 Å². The van der Waals surface area contributed by atoms with Crippen molar-refractivity contribution < 1.29 is 24.0 Å². The highest BCUT2D eigenvalue weighted by molar-refractivity contribution is 5.88. The first-order valence-electron chi connectivity index (χ1n) is 13.7. The van der Waals surface area contributed by atoms with E-state index in [1.54, 1.807) is 0 Å². The highest BCUT2D eigenvalue weighted by Gasteiger charge is 2.33. The number of likely N-dealkylation sites (tertiary alicyclic amines) is 1. The van der Waals surface area contributed by atoms with Gasteiger partial charge in [-0.25, -0.2) is 16.5 Å². The molecule has 3 rings (SSSR count). The van der Waals surface area contributed by atoms with Gasteiger partial charge >= 0.3 is 5.91 Å². The predicted molar refractivity (Wildman–Crippen MR) is 92.6 cm³/mol. The molecule has 0 bridgehead atoms. The number of nitrogens with one attached hydrogen (secondary N) is 1. The zero-order valence-corrected chi connectivity index (χ0v) is 12.7. The number of nitrogens with zero attached hydrogens (tertiary/aromatic N) is 5. The molecule has 126 valence electrons. The van der Waals surface area contributed by atoms with Crippen LogP contribution >= 0.6 is 0 Å². The van der Waals surface area contributed by atoms with E-state index in [-0.39, 0.29) is 22.8 Å². The van der Waals surface area contributed by atoms with E-state index in [1.807, 2.05) is 0 Å². The molecule has 0 aliphatic carbocycles. The number of hydrogen-bond acceptors (Lipinski definition) is 4. The number of aromatic amines is 1. The van der Waals surface area contributed by atoms with Crippen LogP contribution in [-0.2, 0) is 4.79 Å². The summed E-state index contributed by atoms with van der Waals surface area (Å²) in [6.45, 7) is -7.21. The van der Waals surface area contributed by atoms with Gasteiger partial charge in [-0.3, -0.25) is 4.79 Å². The second kappa shape index (κ2) is 6.48. The van der Waals surface area contributed by atoms with Crippen LogP contribution in [-0.4, -0.2) is 58.3 Å². The van der Waals surface area contributed by atoms with E-state index in [0.717, 1.165) is 13.4 Å². The van der Waals surface area contributed by atoms with Crippen molar-refractivity contribution in [3.05, 3.63) is 29.5 Å². The number of anilines is 1. The van der Waals surface area contributed by atoms with Gasteiger partial charge in [0.2, 0.25) is 0 Å². The molecule has 1 amide bonds. The fourth-order valence-corrected chi connectivity index (χ4v) is 2.15. The minimum atomic E-state index is -4.09. The molecule has 0 spiro atoms. The maximum atomic E-state index is 13.1. The molecule has 2 atom stereocenters. The number of carbonyl (C=O) groups excluding carboxylic acids is 1. The smallest absolute Gasteiger partial charge is 0.302 e. The van der Waals surface area contributed by atoms with Crippen molar-refractivity contribution in [3.63, 3.8) is 0 Å². The van der Waals surface area contributed by atoms with Crippen molar-refractivity contribution in [2.45, 2.75) is 26.2 Å². The SMILES string of the molecule is [2H]c1c(C)[nH]c2ncnc(N(C)[C@@]3([2H])C([2H])([2H])N(C(=O)C([2H])([2H])[N+]#[C-])C([2H])([2H])C([2H])([2H])[C@@]3([2H])C([2H])([2H])[2H])c12. The lowest BCUT2D eigenvalue weighted by Crippen LogP contribution is -2.53. The molecule has 1 saturated heterocycles. The Morgan fingerprint density at radius 2 is 2.62 bits per heavy atom. The summed E-state index contributed by atoms with van der Waals surface area (Å²) in [5.41, 5.74) is 0.229. The van der Waals surface area contributed by atoms with Gasteiger partial charge < -0.3 is 19.6 Å². The third-order valence-electron chi connectivity index (χ3n) is 3.20. The van der Waals surface area contributed by atoms with Gasteiger partial charge in [0.15, 0.2) is 0 Å². The molecule has 0 unspecified atom stereocenters. The lowest BCUT2D eigenvalue weighted by Gasteiger charge is -2.41. The molecule has 0 radical (unpaired) electrons. The number of H-pyrrole nitrogens is 1. The Hall–Kier alpha value is -2.62. The van der Waals surface area contributed by atoms with Gasteiger partial charge in [-0.1, -0.05) is 6.85 Å². The number of piperidine rings is 1. The molecule has 0 aromatic carbocycles. The Bertz CT molecular complexity index is 1350. The molecule has 7 nitrogen and oxygen atoms in total. The quantitative estimate of drug-likeness (QED) is 0.866. The molecule has 7 heteroatoms. The largest absolute Gasteiger partial charge is 0.354 e. The third kappa shape index (κ3) is 2.92. The summed E-state index contributed by atoms with van der Waals surface area (Å²) in [6, 6.07) is -4.07. The molecule has 0 saturated carbocycles. The first-order valence-corrected chi connectivity index (χ1v) is 6.68. The Balaban J connectivity index is 2.53. The van der Waals surface area contributed by atoms with Crippen LogP contribution in [0.1, 0.15) is 38.1 Å². The molecule has 3 heterocycles. The summed E-state index contributed by atoms with van der Waals surface area (Å²) in [5, 5.41) is -0.175. The Kier molecular flexibility index (Phi) is 1.71. The number of hydrogen-bond donors (Lipinski definition) is 1. The summed E-state index contributed by atoms with van der Waals surface area (Å²) < 4.78 is 117. The second-order valence-electron chi connectivity index (χ2n) is 4.79. The minimum Gasteiger partial charge on any atom is -0.354 e. The Labute approximate surface area is 161 Å². The van der Waals surface area contributed by atoms with Crippen molar-refractivity contribution >= 4 is 22.8 Å². The first-order chi connectivity index (χ1) is 16.9. The van der Waals surface area contributed by atoms with Gasteiger partial charge in [0.25, 0.3) is 6.50 Å². The molecule has 1 fully saturated rings. The maximum absolute atomic E-state index is 13.1. The molecule has 1 N–H and O–H groups in total. The molecule has 1 aliphatic rings. The van der Waals surface area contributed by atoms with Gasteiger partial charge in [-0.05, 0) is 25.2 Å². The van der Waals surface area contributed by atoms with Crippen molar-refractivity contribution in [1.29, 1.82) is 0 Å². The van der Waals surface area contributed by atoms with Gasteiger partial charge in [0.1, 0.15) is 20.5 Å². The highest BCUT2D eigenvalue weighted by Crippen LogP contribution is 2.29. The first kappa shape index (κ1) is 6.36. The Morgan fingerprint density at radius 1 is 1.79 bits per heavy atom. The number of rotatable bonds is 3. The van der Waals surface area contributed by atoms with Gasteiger partial charge in [-0.2, -0.15) is 0 Å². The average Bonchev–Trinajstić information content (AvgIpc) is 3.08. The lowest BCUT2D eigenvalue weighted by atomic mass is 9.92. The molecule has 2 aromatic rings. The van der Waals surface area contributed by atoms with Crippen LogP contribution in [0.3, 0.4) is 0 Å². The number of amides is 1. The molecular formula is C17H22N6O. The summed E-state index contributed by atoms with van der Waals surface area (Å²) in [5.74, 6) is -6.79. The Morgan fingerprint density at radius 3 is 3.38 bits per heavy atom. The van der Waals surface area contributed by atoms with E-state index >= 15 is 0 Å². The monoisotopic (exact) mass is 340 g/mol. The van der Waals surface area contributed by atoms with Crippen molar-refractivity contribution in [2.24, 2.45) is 5.89 Å². The van der Waals surface area contributed by atoms with E-state index in [9.17, 15) is 6.17 Å². The number of likely N-dealkylation sites (N-methyl/N-ethyl adjacent to an activating group) is 1. The maximum Gasteiger partial charge on any atom is 0.302 e. The standard InChI is InChI=1S/C17H22N6O/c1-11-5-6-23(15(24)8-18-3)9-14(11)22(4)17-13-7-12(2)21-16(13)19-10-20-17/h7,10-11,14H,5-6,8-9H2,1-2,4H3,(H,19,20,21)/t11-,14+/m1/s1/i1D3,5D2,6D2,7D,8D2,9D2,11D,14D. The molecule has 1 aliphatic heterocycles. The van der Waals surface area contributed by atoms with Crippen molar-refractivity contribution in [2.75, 3.05) is 31.4 Å². The fourth-order valence-electron chi connectivity index (χ4n) is 2.15. The van der Waals surface area contributed by atoms with Crippen LogP contribution in [0.15, 0.2) is 12.4 Å². The summed E-state index contributed by atoms with van der Waals surface area (Å²) in [6.07, 6.45) is -3.19. The topological polar surface area (TPSA) is 69.5 Å². The van der Waals surface area contributed by atoms with Crippen LogP contribution in [0, 0.1) is 19.4 Å². The fraction of sp³-hybridized carbons (Fsp3) is 0.529. The van der Waals surface area contributed by atoms with Crippen LogP contribution in [0.5, 0.6) is 0 Å². The molecule has 2 aromatic heterocycles. The van der Waals surface area contributed by atoms with E-state index in [2.05, 4.69) is 19.8 Å². The van der Waals surface area contributed by atoms with Gasteiger partial charge in [0, 0.05) is 36.7 Å². The third-order valence-corrected chi connectivity index (χ3v) is 3.20. The highest BCUT2D eigenvalue weighted by atomic mass is 16.2. The predicted octanol–water partition coefficient (Wildman–Crippen LogP) is 1.86. The summed E-state index contributed by atoms with van der Waals surface area (Å²) in [4.78, 5) is 25.8. The number of aromatic nitrogens is 3.